The Morgan fingerprint density at radius 2 is 1.74 bits per heavy atom. The highest BCUT2D eigenvalue weighted by molar-refractivity contribution is 5.95. The van der Waals surface area contributed by atoms with Crippen molar-refractivity contribution in [2.24, 2.45) is 0 Å². The summed E-state index contributed by atoms with van der Waals surface area (Å²) in [5, 5.41) is 36.6. The molecule has 1 aliphatic heterocycles. The van der Waals surface area contributed by atoms with Crippen LogP contribution in [0, 0.1) is 0 Å². The van der Waals surface area contributed by atoms with Gasteiger partial charge in [-0.3, -0.25) is 24.0 Å². The minimum absolute atomic E-state index is 0.541. The molecule has 1 fully saturated rings. The highest BCUT2D eigenvalue weighted by Crippen LogP contribution is 2.06. The van der Waals surface area contributed by atoms with Gasteiger partial charge in [-0.1, -0.05) is 0 Å². The third kappa shape index (κ3) is 7.58. The van der Waals surface area contributed by atoms with Crippen molar-refractivity contribution >= 4 is 29.7 Å². The Hall–Kier alpha value is -2.73. The van der Waals surface area contributed by atoms with E-state index in [1.165, 1.54) is 6.92 Å². The third-order valence-electron chi connectivity index (χ3n) is 3.87. The number of rotatable bonds is 10. The zero-order valence-corrected chi connectivity index (χ0v) is 14.7. The number of carboxylic acid groups (broad SMARTS) is 2. The quantitative estimate of drug-likeness (QED) is 0.201. The van der Waals surface area contributed by atoms with Gasteiger partial charge >= 0.3 is 11.9 Å². The number of nitrogens with one attached hydrogen (secondary N) is 4. The second-order valence-electron chi connectivity index (χ2n) is 6.15. The van der Waals surface area contributed by atoms with Crippen molar-refractivity contribution < 1.29 is 39.3 Å². The van der Waals surface area contributed by atoms with E-state index in [0.717, 1.165) is 6.42 Å². The molecule has 0 spiro atoms. The van der Waals surface area contributed by atoms with E-state index in [1.807, 2.05) is 5.32 Å². The maximum Gasteiger partial charge on any atom is 0.322 e. The second-order valence-corrected chi connectivity index (χ2v) is 6.15. The molecule has 12 heteroatoms. The third-order valence-corrected chi connectivity index (χ3v) is 3.87. The predicted octanol–water partition coefficient (Wildman–Crippen LogP) is -3.24. The number of aliphatic carboxylic acids is 2. The normalized spacial score (nSPS) is 19.4. The fourth-order valence-corrected chi connectivity index (χ4v) is 2.50. The summed E-state index contributed by atoms with van der Waals surface area (Å²) in [6.07, 6.45) is -0.809. The standard InChI is InChI=1S/C15H24N4O8/c1-7(20)12(15(27)17-6-11(23)24)19-14(26)9(5-10(21)22)18-13(25)8-3-2-4-16-8/h7-9,12,16,20H,2-6H2,1H3,(H,17,27)(H,18,25)(H,19,26)(H,21,22)(H,23,24). The molecule has 152 valence electrons. The Morgan fingerprint density at radius 3 is 2.22 bits per heavy atom. The number of carbonyl (C=O) groups is 5. The van der Waals surface area contributed by atoms with E-state index in [9.17, 15) is 29.1 Å². The smallest absolute Gasteiger partial charge is 0.322 e. The molecule has 0 bridgehead atoms. The number of hydrogen-bond acceptors (Lipinski definition) is 7. The fourth-order valence-electron chi connectivity index (χ4n) is 2.50. The SMILES string of the molecule is CC(O)C(NC(=O)C(CC(=O)O)NC(=O)C1CCCN1)C(=O)NCC(=O)O. The van der Waals surface area contributed by atoms with Crippen LogP contribution in [0.4, 0.5) is 0 Å². The van der Waals surface area contributed by atoms with Gasteiger partial charge in [-0.25, -0.2) is 0 Å². The molecule has 3 amide bonds. The molecular weight excluding hydrogens is 364 g/mol. The van der Waals surface area contributed by atoms with Gasteiger partial charge in [-0.05, 0) is 26.3 Å². The van der Waals surface area contributed by atoms with Crippen LogP contribution in [0.25, 0.3) is 0 Å². The Morgan fingerprint density at radius 1 is 1.07 bits per heavy atom. The summed E-state index contributed by atoms with van der Waals surface area (Å²) >= 11 is 0. The van der Waals surface area contributed by atoms with Gasteiger partial charge < -0.3 is 36.6 Å². The van der Waals surface area contributed by atoms with Gasteiger partial charge in [0.15, 0.2) is 0 Å². The summed E-state index contributed by atoms with van der Waals surface area (Å²) in [7, 11) is 0. The minimum Gasteiger partial charge on any atom is -0.481 e. The van der Waals surface area contributed by atoms with Gasteiger partial charge in [-0.2, -0.15) is 0 Å². The van der Waals surface area contributed by atoms with Crippen LogP contribution in [0.15, 0.2) is 0 Å². The molecule has 0 aromatic rings. The Bertz CT molecular complexity index is 588. The lowest BCUT2D eigenvalue weighted by molar-refractivity contribution is -0.142. The molecular formula is C15H24N4O8. The molecule has 27 heavy (non-hydrogen) atoms. The molecule has 0 radical (unpaired) electrons. The van der Waals surface area contributed by atoms with E-state index < -0.39 is 66.9 Å². The maximum atomic E-state index is 12.4. The average molecular weight is 388 g/mol. The number of carbonyl (C=O) groups excluding carboxylic acids is 3. The largest absolute Gasteiger partial charge is 0.481 e. The molecule has 7 N–H and O–H groups in total. The number of hydrogen-bond donors (Lipinski definition) is 7. The monoisotopic (exact) mass is 388 g/mol. The summed E-state index contributed by atoms with van der Waals surface area (Å²) in [5.74, 6) is -5.16. The van der Waals surface area contributed by atoms with E-state index in [-0.39, 0.29) is 0 Å². The summed E-state index contributed by atoms with van der Waals surface area (Å²) in [6, 6.07) is -3.53. The summed E-state index contributed by atoms with van der Waals surface area (Å²) < 4.78 is 0. The lowest BCUT2D eigenvalue weighted by Gasteiger charge is -2.24. The van der Waals surface area contributed by atoms with Gasteiger partial charge in [0, 0.05) is 0 Å². The van der Waals surface area contributed by atoms with Crippen molar-refractivity contribution in [1.82, 2.24) is 21.3 Å². The molecule has 4 unspecified atom stereocenters. The van der Waals surface area contributed by atoms with Crippen molar-refractivity contribution in [3.05, 3.63) is 0 Å². The minimum atomic E-state index is -1.52. The number of carboxylic acids is 2. The van der Waals surface area contributed by atoms with Gasteiger partial charge in [0.05, 0.1) is 18.6 Å². The predicted molar refractivity (Wildman–Crippen MR) is 89.5 cm³/mol. The van der Waals surface area contributed by atoms with Crippen molar-refractivity contribution in [2.75, 3.05) is 13.1 Å². The van der Waals surface area contributed by atoms with Crippen molar-refractivity contribution in [3.8, 4) is 0 Å². The zero-order valence-electron chi connectivity index (χ0n) is 14.7. The Labute approximate surface area is 154 Å². The first-order valence-corrected chi connectivity index (χ1v) is 8.35. The summed E-state index contributed by atoms with van der Waals surface area (Å²) in [5.41, 5.74) is 0. The summed E-state index contributed by atoms with van der Waals surface area (Å²) in [4.78, 5) is 58.0. The van der Waals surface area contributed by atoms with Crippen LogP contribution in [-0.2, 0) is 24.0 Å². The van der Waals surface area contributed by atoms with Crippen LogP contribution in [0.3, 0.4) is 0 Å². The zero-order chi connectivity index (χ0) is 20.6. The number of aliphatic hydroxyl groups is 1. The van der Waals surface area contributed by atoms with E-state index in [0.29, 0.717) is 13.0 Å². The highest BCUT2D eigenvalue weighted by atomic mass is 16.4. The lowest BCUT2D eigenvalue weighted by Crippen LogP contribution is -2.59. The van der Waals surface area contributed by atoms with Crippen molar-refractivity contribution in [3.63, 3.8) is 0 Å². The van der Waals surface area contributed by atoms with Gasteiger partial charge in [0.25, 0.3) is 0 Å². The second kappa shape index (κ2) is 10.4. The molecule has 0 aromatic heterocycles. The number of amides is 3. The van der Waals surface area contributed by atoms with Crippen LogP contribution < -0.4 is 21.3 Å². The molecule has 1 rings (SSSR count). The van der Waals surface area contributed by atoms with Crippen LogP contribution in [-0.4, -0.2) is 82.3 Å². The molecule has 0 saturated carbocycles. The van der Waals surface area contributed by atoms with Gasteiger partial charge in [0.1, 0.15) is 18.6 Å². The molecule has 0 aromatic carbocycles. The fraction of sp³-hybridized carbons (Fsp3) is 0.667. The molecule has 1 aliphatic rings. The molecule has 4 atom stereocenters. The first-order valence-electron chi connectivity index (χ1n) is 8.35. The van der Waals surface area contributed by atoms with Crippen LogP contribution in [0.2, 0.25) is 0 Å². The number of aliphatic hydroxyl groups excluding tert-OH is 1. The molecule has 0 aliphatic carbocycles. The maximum absolute atomic E-state index is 12.4. The van der Waals surface area contributed by atoms with Crippen LogP contribution >= 0.6 is 0 Å². The summed E-state index contributed by atoms with van der Waals surface area (Å²) in [6.45, 7) is 1.10. The topological polar surface area (TPSA) is 194 Å². The highest BCUT2D eigenvalue weighted by Gasteiger charge is 2.32. The van der Waals surface area contributed by atoms with E-state index in [2.05, 4.69) is 16.0 Å². The Kier molecular flexibility index (Phi) is 8.62. The first kappa shape index (κ1) is 22.3. The van der Waals surface area contributed by atoms with E-state index >= 15 is 0 Å². The van der Waals surface area contributed by atoms with E-state index in [1.54, 1.807) is 0 Å². The Balaban J connectivity index is 2.78. The molecule has 1 heterocycles. The first-order chi connectivity index (χ1) is 12.6. The van der Waals surface area contributed by atoms with Crippen molar-refractivity contribution in [2.45, 2.75) is 50.4 Å². The van der Waals surface area contributed by atoms with Crippen molar-refractivity contribution in [1.29, 1.82) is 0 Å². The van der Waals surface area contributed by atoms with E-state index in [4.69, 9.17) is 10.2 Å². The van der Waals surface area contributed by atoms with Crippen LogP contribution in [0.5, 0.6) is 0 Å². The lowest BCUT2D eigenvalue weighted by atomic mass is 10.1. The molecule has 1 saturated heterocycles. The van der Waals surface area contributed by atoms with Gasteiger partial charge in [-0.15, -0.1) is 0 Å². The molecule has 12 nitrogen and oxygen atoms in total. The van der Waals surface area contributed by atoms with Gasteiger partial charge in [0.2, 0.25) is 17.7 Å². The van der Waals surface area contributed by atoms with Crippen LogP contribution in [0.1, 0.15) is 26.2 Å². The average Bonchev–Trinajstić information content (AvgIpc) is 3.10.